The molecule has 19 heavy (non-hydrogen) atoms. The van der Waals surface area contributed by atoms with Gasteiger partial charge in [-0.3, -0.25) is 0 Å². The van der Waals surface area contributed by atoms with Crippen LogP contribution in [-0.2, 0) is 0 Å². The topological polar surface area (TPSA) is 46.5 Å². The van der Waals surface area contributed by atoms with E-state index in [1.807, 2.05) is 31.2 Å². The van der Waals surface area contributed by atoms with Crippen molar-refractivity contribution < 1.29 is 14.6 Å². The smallest absolute Gasteiger partial charge is 0.335 e. The first-order chi connectivity index (χ1) is 9.10. The first kappa shape index (κ1) is 13.5. The molecule has 2 aromatic carbocycles. The van der Waals surface area contributed by atoms with Crippen LogP contribution in [-0.4, -0.2) is 18.2 Å². The van der Waals surface area contributed by atoms with E-state index in [-0.39, 0.29) is 0 Å². The SMILES string of the molecule is COc1ccc(Sc2ccc(C(=O)O)cc2)cc1C. The molecule has 0 spiro atoms. The van der Waals surface area contributed by atoms with Crippen molar-refractivity contribution in [3.8, 4) is 5.75 Å². The Morgan fingerprint density at radius 1 is 1.11 bits per heavy atom. The summed E-state index contributed by atoms with van der Waals surface area (Å²) in [5.41, 5.74) is 1.38. The molecule has 0 fully saturated rings. The minimum Gasteiger partial charge on any atom is -0.496 e. The van der Waals surface area contributed by atoms with Crippen LogP contribution >= 0.6 is 11.8 Å². The zero-order chi connectivity index (χ0) is 13.8. The average Bonchev–Trinajstić information content (AvgIpc) is 2.39. The molecule has 1 N–H and O–H groups in total. The lowest BCUT2D eigenvalue weighted by Gasteiger charge is -2.07. The second kappa shape index (κ2) is 5.80. The van der Waals surface area contributed by atoms with Gasteiger partial charge in [0.05, 0.1) is 12.7 Å². The second-order valence-electron chi connectivity index (χ2n) is 4.06. The van der Waals surface area contributed by atoms with Crippen LogP contribution in [0.2, 0.25) is 0 Å². The third-order valence-corrected chi connectivity index (χ3v) is 3.70. The summed E-state index contributed by atoms with van der Waals surface area (Å²) < 4.78 is 5.22. The van der Waals surface area contributed by atoms with Crippen LogP contribution in [0.5, 0.6) is 5.75 Å². The Morgan fingerprint density at radius 3 is 2.26 bits per heavy atom. The number of benzene rings is 2. The Bertz CT molecular complexity index is 591. The molecular weight excluding hydrogens is 260 g/mol. The number of ether oxygens (including phenoxy) is 1. The summed E-state index contributed by atoms with van der Waals surface area (Å²) in [6, 6.07) is 12.8. The van der Waals surface area contributed by atoms with E-state index in [0.717, 1.165) is 21.1 Å². The molecule has 4 heteroatoms. The molecule has 0 unspecified atom stereocenters. The molecule has 0 bridgehead atoms. The summed E-state index contributed by atoms with van der Waals surface area (Å²) in [4.78, 5) is 12.9. The van der Waals surface area contributed by atoms with Crippen molar-refractivity contribution in [2.24, 2.45) is 0 Å². The third kappa shape index (κ3) is 3.29. The Morgan fingerprint density at radius 2 is 1.74 bits per heavy atom. The van der Waals surface area contributed by atoms with Gasteiger partial charge in [0.2, 0.25) is 0 Å². The molecule has 98 valence electrons. The summed E-state index contributed by atoms with van der Waals surface area (Å²) in [5, 5.41) is 8.84. The minimum atomic E-state index is -0.906. The molecule has 2 rings (SSSR count). The van der Waals surface area contributed by atoms with Crippen LogP contribution < -0.4 is 4.74 Å². The number of carboxylic acids is 1. The number of hydrogen-bond donors (Lipinski definition) is 1. The van der Waals surface area contributed by atoms with Crippen LogP contribution in [0.15, 0.2) is 52.3 Å². The van der Waals surface area contributed by atoms with E-state index in [0.29, 0.717) is 5.56 Å². The second-order valence-corrected chi connectivity index (χ2v) is 5.21. The molecule has 0 radical (unpaired) electrons. The molecule has 0 saturated heterocycles. The molecule has 0 aliphatic rings. The zero-order valence-electron chi connectivity index (χ0n) is 10.7. The quantitative estimate of drug-likeness (QED) is 0.919. The van der Waals surface area contributed by atoms with Crippen molar-refractivity contribution in [2.75, 3.05) is 7.11 Å². The van der Waals surface area contributed by atoms with Crippen molar-refractivity contribution in [2.45, 2.75) is 16.7 Å². The molecular formula is C15H14O3S. The van der Waals surface area contributed by atoms with Crippen LogP contribution in [0.25, 0.3) is 0 Å². The lowest BCUT2D eigenvalue weighted by Crippen LogP contribution is -1.94. The predicted octanol–water partition coefficient (Wildman–Crippen LogP) is 3.85. The van der Waals surface area contributed by atoms with Gasteiger partial charge in [-0.25, -0.2) is 4.79 Å². The Balaban J connectivity index is 2.16. The summed E-state index contributed by atoms with van der Waals surface area (Å²) in [5.74, 6) is -0.0394. The summed E-state index contributed by atoms with van der Waals surface area (Å²) in [6.07, 6.45) is 0. The van der Waals surface area contributed by atoms with Gasteiger partial charge in [-0.1, -0.05) is 11.8 Å². The lowest BCUT2D eigenvalue weighted by atomic mass is 10.2. The Kier molecular flexibility index (Phi) is 4.12. The number of methoxy groups -OCH3 is 1. The molecule has 0 atom stereocenters. The molecule has 0 heterocycles. The molecule has 0 aliphatic heterocycles. The van der Waals surface area contributed by atoms with Gasteiger partial charge in [-0.15, -0.1) is 0 Å². The fourth-order valence-electron chi connectivity index (χ4n) is 1.72. The molecule has 0 amide bonds. The van der Waals surface area contributed by atoms with Crippen LogP contribution in [0.3, 0.4) is 0 Å². The Hall–Kier alpha value is -1.94. The van der Waals surface area contributed by atoms with Crippen LogP contribution in [0.1, 0.15) is 15.9 Å². The fraction of sp³-hybridized carbons (Fsp3) is 0.133. The van der Waals surface area contributed by atoms with Crippen LogP contribution in [0, 0.1) is 6.92 Å². The summed E-state index contributed by atoms with van der Waals surface area (Å²) in [7, 11) is 1.65. The minimum absolute atomic E-state index is 0.301. The highest BCUT2D eigenvalue weighted by molar-refractivity contribution is 7.99. The molecule has 0 saturated carbocycles. The normalized spacial score (nSPS) is 10.2. The van der Waals surface area contributed by atoms with Crippen molar-refractivity contribution in [1.29, 1.82) is 0 Å². The highest BCUT2D eigenvalue weighted by Crippen LogP contribution is 2.31. The fourth-order valence-corrected chi connectivity index (χ4v) is 2.63. The van der Waals surface area contributed by atoms with E-state index < -0.39 is 5.97 Å². The van der Waals surface area contributed by atoms with E-state index in [1.54, 1.807) is 31.0 Å². The average molecular weight is 274 g/mol. The van der Waals surface area contributed by atoms with Crippen LogP contribution in [0.4, 0.5) is 0 Å². The van der Waals surface area contributed by atoms with Gasteiger partial charge < -0.3 is 9.84 Å². The van der Waals surface area contributed by atoms with Gasteiger partial charge in [-0.2, -0.15) is 0 Å². The monoisotopic (exact) mass is 274 g/mol. The molecule has 2 aromatic rings. The highest BCUT2D eigenvalue weighted by atomic mass is 32.2. The largest absolute Gasteiger partial charge is 0.496 e. The molecule has 0 aromatic heterocycles. The predicted molar refractivity (Wildman–Crippen MR) is 75.3 cm³/mol. The van der Waals surface area contributed by atoms with Crippen molar-refractivity contribution in [3.05, 3.63) is 53.6 Å². The number of carbonyl (C=O) groups is 1. The van der Waals surface area contributed by atoms with Crippen molar-refractivity contribution in [1.82, 2.24) is 0 Å². The van der Waals surface area contributed by atoms with E-state index >= 15 is 0 Å². The first-order valence-corrected chi connectivity index (χ1v) is 6.57. The van der Waals surface area contributed by atoms with Gasteiger partial charge in [0.25, 0.3) is 0 Å². The van der Waals surface area contributed by atoms with Gasteiger partial charge in [0.1, 0.15) is 5.75 Å². The van der Waals surface area contributed by atoms with E-state index in [1.165, 1.54) is 0 Å². The third-order valence-electron chi connectivity index (χ3n) is 2.70. The highest BCUT2D eigenvalue weighted by Gasteiger charge is 2.04. The summed E-state index contributed by atoms with van der Waals surface area (Å²) in [6.45, 7) is 2.00. The number of aryl methyl sites for hydroxylation is 1. The lowest BCUT2D eigenvalue weighted by molar-refractivity contribution is 0.0697. The van der Waals surface area contributed by atoms with Gasteiger partial charge >= 0.3 is 5.97 Å². The van der Waals surface area contributed by atoms with Gasteiger partial charge in [-0.05, 0) is 55.0 Å². The number of aromatic carboxylic acids is 1. The maximum absolute atomic E-state index is 10.8. The maximum Gasteiger partial charge on any atom is 0.335 e. The number of hydrogen-bond acceptors (Lipinski definition) is 3. The summed E-state index contributed by atoms with van der Waals surface area (Å²) >= 11 is 1.59. The zero-order valence-corrected chi connectivity index (χ0v) is 11.5. The van der Waals surface area contributed by atoms with Gasteiger partial charge in [0.15, 0.2) is 0 Å². The van der Waals surface area contributed by atoms with E-state index in [9.17, 15) is 4.79 Å². The number of carboxylic acid groups (broad SMARTS) is 1. The molecule has 0 aliphatic carbocycles. The van der Waals surface area contributed by atoms with Gasteiger partial charge in [0, 0.05) is 9.79 Å². The van der Waals surface area contributed by atoms with E-state index in [4.69, 9.17) is 9.84 Å². The maximum atomic E-state index is 10.8. The Labute approximate surface area is 116 Å². The number of rotatable bonds is 4. The standard InChI is InChI=1S/C15H14O3S/c1-10-9-13(7-8-14(10)18-2)19-12-5-3-11(4-6-12)15(16)17/h3-9H,1-2H3,(H,16,17). The molecule has 3 nitrogen and oxygen atoms in total. The first-order valence-electron chi connectivity index (χ1n) is 5.76. The van der Waals surface area contributed by atoms with Crippen molar-refractivity contribution in [3.63, 3.8) is 0 Å². The van der Waals surface area contributed by atoms with E-state index in [2.05, 4.69) is 6.07 Å². The van der Waals surface area contributed by atoms with Crippen molar-refractivity contribution >= 4 is 17.7 Å².